The first-order chi connectivity index (χ1) is 29.2. The summed E-state index contributed by atoms with van der Waals surface area (Å²) in [5, 5.41) is 10.7. The number of carbonyl (C=O) groups is 5. The lowest BCUT2D eigenvalue weighted by Crippen LogP contribution is -2.50. The van der Waals surface area contributed by atoms with E-state index in [2.05, 4.69) is 70.8 Å². The fourth-order valence-corrected chi connectivity index (χ4v) is 7.56. The Kier molecular flexibility index (Phi) is 18.0. The molecule has 0 aliphatic carbocycles. The number of hydrogen-bond acceptors (Lipinski definition) is 10. The SMILES string of the molecule is C=CCOC(=O)[C@H](Cc1ccc(OC(=O)NCC[C@H](NC(=O)OC(C)(C)C)C(=O)NCCSC(c2ccccc2)(c2ccccc2)c2ccccc2)cc1)NC(=O)OC(=C)C. The first kappa shape index (κ1) is 47.1. The summed E-state index contributed by atoms with van der Waals surface area (Å²) in [4.78, 5) is 64.1. The van der Waals surface area contributed by atoms with Crippen LogP contribution in [-0.2, 0) is 35.0 Å². The van der Waals surface area contributed by atoms with E-state index in [4.69, 9.17) is 18.9 Å². The van der Waals surface area contributed by atoms with Crippen LogP contribution in [0.1, 0.15) is 56.4 Å². The molecule has 4 aromatic rings. The summed E-state index contributed by atoms with van der Waals surface area (Å²) in [6, 6.07) is 34.8. The predicted molar refractivity (Wildman–Crippen MR) is 236 cm³/mol. The van der Waals surface area contributed by atoms with Crippen molar-refractivity contribution in [3.8, 4) is 5.75 Å². The van der Waals surface area contributed by atoms with E-state index in [9.17, 15) is 24.0 Å². The van der Waals surface area contributed by atoms with Crippen molar-refractivity contribution < 1.29 is 42.9 Å². The van der Waals surface area contributed by atoms with Gasteiger partial charge in [-0.3, -0.25) is 4.79 Å². The van der Waals surface area contributed by atoms with Crippen LogP contribution in [0, 0.1) is 0 Å². The van der Waals surface area contributed by atoms with E-state index in [1.807, 2.05) is 54.6 Å². The second-order valence-electron chi connectivity index (χ2n) is 14.8. The van der Waals surface area contributed by atoms with Crippen LogP contribution in [0.4, 0.5) is 14.4 Å². The zero-order chi connectivity index (χ0) is 44.3. The van der Waals surface area contributed by atoms with Crippen LogP contribution in [-0.4, -0.2) is 73.3 Å². The van der Waals surface area contributed by atoms with Crippen molar-refractivity contribution in [1.29, 1.82) is 0 Å². The molecule has 0 heterocycles. The van der Waals surface area contributed by atoms with Crippen molar-refractivity contribution >= 4 is 41.9 Å². The molecule has 14 heteroatoms. The second-order valence-corrected chi connectivity index (χ2v) is 16.1. The number of ether oxygens (including phenoxy) is 4. The van der Waals surface area contributed by atoms with Gasteiger partial charge in [0.2, 0.25) is 5.91 Å². The number of esters is 1. The number of allylic oxidation sites excluding steroid dienone is 1. The van der Waals surface area contributed by atoms with Crippen LogP contribution in [0.3, 0.4) is 0 Å². The third kappa shape index (κ3) is 15.2. The monoisotopic (exact) mass is 850 g/mol. The third-order valence-corrected chi connectivity index (χ3v) is 10.3. The Morgan fingerprint density at radius 1 is 0.705 bits per heavy atom. The Morgan fingerprint density at radius 3 is 1.75 bits per heavy atom. The van der Waals surface area contributed by atoms with Crippen molar-refractivity contribution in [2.75, 3.05) is 25.4 Å². The molecule has 0 radical (unpaired) electrons. The standard InChI is InChI=1S/C47H54N4O9S/c1-7-30-57-42(53)40(51-44(55)58-33(2)3)32-34-23-25-38(26-24-34)59-43(54)49-28-27-39(50-45(56)60-46(4,5)6)41(52)48-29-31-61-47(35-17-11-8-12-18-35,36-19-13-9-14-20-36)37-21-15-10-16-22-37/h7-26,39-40H,1-2,27-32H2,3-6H3,(H,48,52)(H,49,54)(H,50,56)(H,51,55)/t39-,40-/m0/s1. The van der Waals surface area contributed by atoms with Gasteiger partial charge in [0.15, 0.2) is 0 Å². The summed E-state index contributed by atoms with van der Waals surface area (Å²) >= 11 is 1.69. The smallest absolute Gasteiger partial charge is 0.412 e. The molecule has 61 heavy (non-hydrogen) atoms. The Bertz CT molecular complexity index is 1980. The molecule has 4 rings (SSSR count). The molecule has 0 fully saturated rings. The topological polar surface area (TPSA) is 170 Å². The molecule has 322 valence electrons. The van der Waals surface area contributed by atoms with Crippen LogP contribution in [0.25, 0.3) is 0 Å². The second kappa shape index (κ2) is 23.3. The molecule has 4 amide bonds. The highest BCUT2D eigenvalue weighted by Crippen LogP contribution is 2.48. The van der Waals surface area contributed by atoms with E-state index in [-0.39, 0.29) is 44.0 Å². The van der Waals surface area contributed by atoms with E-state index >= 15 is 0 Å². The maximum absolute atomic E-state index is 13.7. The average Bonchev–Trinajstić information content (AvgIpc) is 3.23. The molecule has 2 atom stereocenters. The number of carbonyl (C=O) groups excluding carboxylic acids is 5. The minimum absolute atomic E-state index is 0.0262. The van der Waals surface area contributed by atoms with Gasteiger partial charge in [-0.1, -0.05) is 122 Å². The molecule has 0 saturated heterocycles. The Labute approximate surface area is 361 Å². The number of amides is 4. The van der Waals surface area contributed by atoms with Gasteiger partial charge in [0.1, 0.15) is 30.0 Å². The quantitative estimate of drug-likeness (QED) is 0.0172. The Morgan fingerprint density at radius 2 is 1.25 bits per heavy atom. The molecule has 13 nitrogen and oxygen atoms in total. The zero-order valence-corrected chi connectivity index (χ0v) is 35.8. The average molecular weight is 851 g/mol. The van der Waals surface area contributed by atoms with Gasteiger partial charge in [0.05, 0.1) is 10.5 Å². The summed E-state index contributed by atoms with van der Waals surface area (Å²) in [6.45, 7) is 13.9. The van der Waals surface area contributed by atoms with E-state index in [0.29, 0.717) is 11.3 Å². The van der Waals surface area contributed by atoms with Crippen molar-refractivity contribution in [2.24, 2.45) is 0 Å². The van der Waals surface area contributed by atoms with Crippen LogP contribution < -0.4 is 26.0 Å². The summed E-state index contributed by atoms with van der Waals surface area (Å²) in [5.74, 6) is -0.284. The number of benzene rings is 4. The highest BCUT2D eigenvalue weighted by molar-refractivity contribution is 8.00. The fourth-order valence-electron chi connectivity index (χ4n) is 6.14. The molecular weight excluding hydrogens is 797 g/mol. The van der Waals surface area contributed by atoms with Gasteiger partial charge in [-0.05, 0) is 68.5 Å². The molecular formula is C47H54N4O9S. The van der Waals surface area contributed by atoms with E-state index < -0.39 is 52.6 Å². The summed E-state index contributed by atoms with van der Waals surface area (Å²) < 4.78 is 20.3. The Hall–Kier alpha value is -6.54. The van der Waals surface area contributed by atoms with Crippen LogP contribution >= 0.6 is 11.8 Å². The van der Waals surface area contributed by atoms with Crippen molar-refractivity contribution in [3.05, 3.63) is 163 Å². The lowest BCUT2D eigenvalue weighted by Gasteiger charge is -2.35. The first-order valence-corrected chi connectivity index (χ1v) is 20.7. The summed E-state index contributed by atoms with van der Waals surface area (Å²) in [7, 11) is 0. The van der Waals surface area contributed by atoms with Crippen LogP contribution in [0.2, 0.25) is 0 Å². The third-order valence-electron chi connectivity index (χ3n) is 8.73. The van der Waals surface area contributed by atoms with Crippen molar-refractivity contribution in [1.82, 2.24) is 21.3 Å². The van der Waals surface area contributed by atoms with E-state index in [1.165, 1.54) is 25.1 Å². The van der Waals surface area contributed by atoms with E-state index in [1.54, 1.807) is 44.7 Å². The van der Waals surface area contributed by atoms with Gasteiger partial charge in [-0.15, -0.1) is 11.8 Å². The minimum atomic E-state index is -1.08. The maximum atomic E-state index is 13.7. The minimum Gasteiger partial charge on any atom is -0.460 e. The number of rotatable bonds is 20. The number of hydrogen-bond donors (Lipinski definition) is 4. The van der Waals surface area contributed by atoms with Crippen LogP contribution in [0.5, 0.6) is 5.75 Å². The van der Waals surface area contributed by atoms with Crippen molar-refractivity contribution in [3.63, 3.8) is 0 Å². The van der Waals surface area contributed by atoms with Gasteiger partial charge in [0.25, 0.3) is 0 Å². The summed E-state index contributed by atoms with van der Waals surface area (Å²) in [5.41, 5.74) is 3.08. The van der Waals surface area contributed by atoms with Gasteiger partial charge in [0, 0.05) is 25.3 Å². The fraction of sp³-hybridized carbons (Fsp3) is 0.298. The normalized spacial score (nSPS) is 12.1. The van der Waals surface area contributed by atoms with Gasteiger partial charge < -0.3 is 40.2 Å². The largest absolute Gasteiger partial charge is 0.460 e. The predicted octanol–water partition coefficient (Wildman–Crippen LogP) is 7.80. The van der Waals surface area contributed by atoms with Gasteiger partial charge in [-0.25, -0.2) is 19.2 Å². The molecule has 0 aromatic heterocycles. The van der Waals surface area contributed by atoms with Gasteiger partial charge in [-0.2, -0.15) is 0 Å². The van der Waals surface area contributed by atoms with E-state index in [0.717, 1.165) is 16.7 Å². The highest BCUT2D eigenvalue weighted by atomic mass is 32.2. The molecule has 0 unspecified atom stereocenters. The molecule has 0 bridgehead atoms. The Balaban J connectivity index is 1.38. The molecule has 0 saturated carbocycles. The molecule has 0 aliphatic rings. The number of nitrogens with one attached hydrogen (secondary N) is 4. The number of alkyl carbamates (subject to hydrolysis) is 2. The first-order valence-electron chi connectivity index (χ1n) is 19.7. The zero-order valence-electron chi connectivity index (χ0n) is 34.9. The molecule has 0 spiro atoms. The highest BCUT2D eigenvalue weighted by Gasteiger charge is 2.37. The van der Waals surface area contributed by atoms with Crippen LogP contribution in [0.15, 0.2) is 140 Å². The van der Waals surface area contributed by atoms with Crippen molar-refractivity contribution in [2.45, 2.75) is 63.0 Å². The molecule has 4 N–H and O–H groups in total. The summed E-state index contributed by atoms with van der Waals surface area (Å²) in [6.07, 6.45) is -0.958. The lowest BCUT2D eigenvalue weighted by molar-refractivity contribution is -0.144. The lowest BCUT2D eigenvalue weighted by atomic mass is 9.84. The maximum Gasteiger partial charge on any atom is 0.412 e. The molecule has 4 aromatic carbocycles. The number of thioether (sulfide) groups is 1. The van der Waals surface area contributed by atoms with Gasteiger partial charge >= 0.3 is 24.2 Å². The molecule has 0 aliphatic heterocycles.